The first-order valence-electron chi connectivity index (χ1n) is 5.91. The zero-order valence-corrected chi connectivity index (χ0v) is 10.9. The van der Waals surface area contributed by atoms with Gasteiger partial charge in [0.25, 0.3) is 0 Å². The van der Waals surface area contributed by atoms with Crippen molar-refractivity contribution < 1.29 is 9.53 Å². The molecule has 0 atom stereocenters. The molecule has 0 bridgehead atoms. The van der Waals surface area contributed by atoms with E-state index >= 15 is 0 Å². The summed E-state index contributed by atoms with van der Waals surface area (Å²) in [6, 6.07) is 0. The molecule has 2 nitrogen and oxygen atoms in total. The average Bonchev–Trinajstić information content (AvgIpc) is 2.19. The number of carbonyl (C=O) groups excluding carboxylic acids is 1. The first-order valence-corrected chi connectivity index (χ1v) is 6.79. The van der Waals surface area contributed by atoms with E-state index in [2.05, 4.69) is 0 Å². The topological polar surface area (TPSA) is 26.3 Å². The van der Waals surface area contributed by atoms with Gasteiger partial charge in [0.1, 0.15) is 4.75 Å². The molecule has 0 heterocycles. The van der Waals surface area contributed by atoms with E-state index in [1.807, 2.05) is 20.8 Å². The first-order chi connectivity index (χ1) is 7.06. The molecule has 15 heavy (non-hydrogen) atoms. The molecular weight excluding hydrogens is 208 g/mol. The number of esters is 1. The first kappa shape index (κ1) is 12.9. The third kappa shape index (κ3) is 4.06. The van der Waals surface area contributed by atoms with Crippen LogP contribution in [0.1, 0.15) is 52.9 Å². The van der Waals surface area contributed by atoms with Gasteiger partial charge in [-0.3, -0.25) is 4.79 Å². The zero-order chi connectivity index (χ0) is 11.3. The lowest BCUT2D eigenvalue weighted by Gasteiger charge is -2.29. The summed E-state index contributed by atoms with van der Waals surface area (Å²) < 4.78 is 4.71. The SMILES string of the molecule is CCOC(=O)C(C)(C)SC1CCCCC1. The number of rotatable bonds is 4. The Labute approximate surface area is 97.1 Å². The van der Waals surface area contributed by atoms with Crippen LogP contribution in [0.2, 0.25) is 0 Å². The maximum atomic E-state index is 11.7. The number of ether oxygens (including phenoxy) is 1. The van der Waals surface area contributed by atoms with Gasteiger partial charge in [-0.15, -0.1) is 11.8 Å². The van der Waals surface area contributed by atoms with Gasteiger partial charge in [-0.05, 0) is 33.6 Å². The van der Waals surface area contributed by atoms with E-state index in [-0.39, 0.29) is 10.7 Å². The van der Waals surface area contributed by atoms with Crippen molar-refractivity contribution >= 4 is 17.7 Å². The summed E-state index contributed by atoms with van der Waals surface area (Å²) in [6.07, 6.45) is 6.51. The Morgan fingerprint density at radius 2 is 1.93 bits per heavy atom. The van der Waals surface area contributed by atoms with Crippen LogP contribution in [0, 0.1) is 0 Å². The Hall–Kier alpha value is -0.180. The van der Waals surface area contributed by atoms with Crippen molar-refractivity contribution in [2.45, 2.75) is 62.9 Å². The minimum atomic E-state index is -0.377. The summed E-state index contributed by atoms with van der Waals surface area (Å²) in [5, 5.41) is 0.651. The molecule has 1 aliphatic rings. The highest BCUT2D eigenvalue weighted by Gasteiger charge is 2.33. The fourth-order valence-electron chi connectivity index (χ4n) is 1.95. The maximum Gasteiger partial charge on any atom is 0.321 e. The van der Waals surface area contributed by atoms with Crippen LogP contribution in [-0.4, -0.2) is 22.6 Å². The van der Waals surface area contributed by atoms with E-state index in [0.29, 0.717) is 11.9 Å². The smallest absolute Gasteiger partial charge is 0.321 e. The Balaban J connectivity index is 2.42. The lowest BCUT2D eigenvalue weighted by Crippen LogP contribution is -2.33. The van der Waals surface area contributed by atoms with Crippen LogP contribution >= 0.6 is 11.8 Å². The number of hydrogen-bond acceptors (Lipinski definition) is 3. The molecule has 0 amide bonds. The molecule has 0 spiro atoms. The Morgan fingerprint density at radius 3 is 2.47 bits per heavy atom. The molecule has 1 rings (SSSR count). The van der Waals surface area contributed by atoms with Gasteiger partial charge in [0.05, 0.1) is 6.61 Å². The van der Waals surface area contributed by atoms with E-state index in [1.54, 1.807) is 11.8 Å². The standard InChI is InChI=1S/C12H22O2S/c1-4-14-11(13)12(2,3)15-10-8-6-5-7-9-10/h10H,4-9H2,1-3H3. The van der Waals surface area contributed by atoms with E-state index in [1.165, 1.54) is 32.1 Å². The molecule has 0 aromatic carbocycles. The van der Waals surface area contributed by atoms with Crippen molar-refractivity contribution in [2.75, 3.05) is 6.61 Å². The summed E-state index contributed by atoms with van der Waals surface area (Å²) in [5.74, 6) is -0.0689. The normalized spacial score (nSPS) is 18.9. The molecule has 0 aromatic rings. The zero-order valence-electron chi connectivity index (χ0n) is 10.0. The van der Waals surface area contributed by atoms with Crippen LogP contribution in [0.15, 0.2) is 0 Å². The van der Waals surface area contributed by atoms with Crippen molar-refractivity contribution in [3.63, 3.8) is 0 Å². The lowest BCUT2D eigenvalue weighted by molar-refractivity contribution is -0.145. The summed E-state index contributed by atoms with van der Waals surface area (Å²) in [4.78, 5) is 11.7. The van der Waals surface area contributed by atoms with E-state index < -0.39 is 0 Å². The molecular formula is C12H22O2S. The fraction of sp³-hybridized carbons (Fsp3) is 0.917. The van der Waals surface area contributed by atoms with Gasteiger partial charge in [0.15, 0.2) is 0 Å². The van der Waals surface area contributed by atoms with E-state index in [4.69, 9.17) is 4.74 Å². The minimum Gasteiger partial charge on any atom is -0.465 e. The van der Waals surface area contributed by atoms with E-state index in [0.717, 1.165) is 0 Å². The molecule has 1 saturated carbocycles. The van der Waals surface area contributed by atoms with Crippen LogP contribution in [0.25, 0.3) is 0 Å². The van der Waals surface area contributed by atoms with Crippen molar-refractivity contribution in [3.05, 3.63) is 0 Å². The molecule has 1 fully saturated rings. The second kappa shape index (κ2) is 5.78. The minimum absolute atomic E-state index is 0.0689. The van der Waals surface area contributed by atoms with Crippen LogP contribution < -0.4 is 0 Å². The number of thioether (sulfide) groups is 1. The van der Waals surface area contributed by atoms with E-state index in [9.17, 15) is 4.79 Å². The molecule has 1 aliphatic carbocycles. The summed E-state index contributed by atoms with van der Waals surface area (Å²) in [6.45, 7) is 6.29. The highest BCUT2D eigenvalue weighted by atomic mass is 32.2. The second-order valence-corrected chi connectivity index (χ2v) is 6.53. The molecule has 0 aliphatic heterocycles. The van der Waals surface area contributed by atoms with Crippen LogP contribution in [0.4, 0.5) is 0 Å². The van der Waals surface area contributed by atoms with Crippen molar-refractivity contribution in [3.8, 4) is 0 Å². The molecule has 0 radical (unpaired) electrons. The third-order valence-electron chi connectivity index (χ3n) is 2.78. The van der Waals surface area contributed by atoms with Gasteiger partial charge < -0.3 is 4.74 Å². The van der Waals surface area contributed by atoms with Crippen LogP contribution in [0.3, 0.4) is 0 Å². The number of hydrogen-bond donors (Lipinski definition) is 0. The Morgan fingerprint density at radius 1 is 1.33 bits per heavy atom. The lowest BCUT2D eigenvalue weighted by atomic mass is 10.0. The average molecular weight is 230 g/mol. The number of carbonyl (C=O) groups is 1. The molecule has 0 N–H and O–H groups in total. The third-order valence-corrected chi connectivity index (χ3v) is 4.34. The van der Waals surface area contributed by atoms with Gasteiger partial charge in [-0.1, -0.05) is 19.3 Å². The van der Waals surface area contributed by atoms with Crippen molar-refractivity contribution in [1.29, 1.82) is 0 Å². The van der Waals surface area contributed by atoms with Gasteiger partial charge in [0.2, 0.25) is 0 Å². The predicted octanol–water partition coefficient (Wildman–Crippen LogP) is 3.39. The largest absolute Gasteiger partial charge is 0.465 e. The van der Waals surface area contributed by atoms with Crippen LogP contribution in [-0.2, 0) is 9.53 Å². The second-order valence-electron chi connectivity index (χ2n) is 4.61. The van der Waals surface area contributed by atoms with Crippen LogP contribution in [0.5, 0.6) is 0 Å². The quantitative estimate of drug-likeness (QED) is 0.692. The summed E-state index contributed by atoms with van der Waals surface area (Å²) in [5.41, 5.74) is 0. The van der Waals surface area contributed by atoms with Gasteiger partial charge in [-0.25, -0.2) is 0 Å². The van der Waals surface area contributed by atoms with Gasteiger partial charge >= 0.3 is 5.97 Å². The highest BCUT2D eigenvalue weighted by Crippen LogP contribution is 2.37. The monoisotopic (exact) mass is 230 g/mol. The predicted molar refractivity (Wildman–Crippen MR) is 65.2 cm³/mol. The van der Waals surface area contributed by atoms with Crippen molar-refractivity contribution in [2.24, 2.45) is 0 Å². The fourth-order valence-corrected chi connectivity index (χ4v) is 3.51. The molecule has 0 unspecified atom stereocenters. The van der Waals surface area contributed by atoms with Gasteiger partial charge in [-0.2, -0.15) is 0 Å². The van der Waals surface area contributed by atoms with Gasteiger partial charge in [0, 0.05) is 5.25 Å². The highest BCUT2D eigenvalue weighted by molar-refractivity contribution is 8.01. The molecule has 0 saturated heterocycles. The Bertz CT molecular complexity index is 208. The Kier molecular flexibility index (Phi) is 4.97. The summed E-state index contributed by atoms with van der Waals surface area (Å²) >= 11 is 1.80. The maximum absolute atomic E-state index is 11.7. The molecule has 88 valence electrons. The molecule has 3 heteroatoms. The summed E-state index contributed by atoms with van der Waals surface area (Å²) in [7, 11) is 0. The molecule has 0 aromatic heterocycles. The van der Waals surface area contributed by atoms with Crippen molar-refractivity contribution in [1.82, 2.24) is 0 Å².